The second-order valence-corrected chi connectivity index (χ2v) is 6.64. The van der Waals surface area contributed by atoms with E-state index < -0.39 is 5.41 Å². The molecule has 100 valence electrons. The predicted octanol–water partition coefficient (Wildman–Crippen LogP) is 2.79. The summed E-state index contributed by atoms with van der Waals surface area (Å²) in [6, 6.07) is 0. The van der Waals surface area contributed by atoms with Gasteiger partial charge in [-0.05, 0) is 32.1 Å². The highest BCUT2D eigenvalue weighted by molar-refractivity contribution is 8.13. The van der Waals surface area contributed by atoms with Gasteiger partial charge in [0.05, 0.1) is 5.41 Å². The second-order valence-electron chi connectivity index (χ2n) is 5.49. The molecule has 18 heavy (non-hydrogen) atoms. The van der Waals surface area contributed by atoms with Gasteiger partial charge < -0.3 is 0 Å². The van der Waals surface area contributed by atoms with Gasteiger partial charge in [0.1, 0.15) is 11.6 Å². The first-order chi connectivity index (χ1) is 8.14. The number of allylic oxidation sites excluding steroid dienone is 1. The van der Waals surface area contributed by atoms with Crippen LogP contribution in [0.1, 0.15) is 40.5 Å². The van der Waals surface area contributed by atoms with Crippen molar-refractivity contribution in [3.63, 3.8) is 0 Å². The quantitative estimate of drug-likeness (QED) is 0.581. The summed E-state index contributed by atoms with van der Waals surface area (Å²) in [5.41, 5.74) is -0.321. The van der Waals surface area contributed by atoms with Gasteiger partial charge in [0.25, 0.3) is 0 Å². The molecule has 1 aliphatic rings. The molecule has 0 aromatic heterocycles. The van der Waals surface area contributed by atoms with Crippen LogP contribution >= 0.6 is 11.8 Å². The summed E-state index contributed by atoms with van der Waals surface area (Å²) < 4.78 is 0. The molecule has 1 unspecified atom stereocenters. The van der Waals surface area contributed by atoms with E-state index in [1.807, 2.05) is 6.92 Å². The van der Waals surface area contributed by atoms with Crippen LogP contribution in [0.25, 0.3) is 0 Å². The fourth-order valence-corrected chi connectivity index (χ4v) is 3.42. The molecule has 0 amide bonds. The number of rotatable bonds is 4. The SMILES string of the molecule is C=C1CC(C(C)=O)(C(C)=O)CC1(C)CSC(C)=O. The van der Waals surface area contributed by atoms with Crippen LogP contribution in [0.15, 0.2) is 12.2 Å². The zero-order valence-electron chi connectivity index (χ0n) is 11.5. The molecule has 4 heteroatoms. The molecular formula is C14H20O3S. The van der Waals surface area contributed by atoms with Gasteiger partial charge in [0.15, 0.2) is 5.12 Å². The summed E-state index contributed by atoms with van der Waals surface area (Å²) in [6.45, 7) is 10.5. The average molecular weight is 268 g/mol. The third-order valence-corrected chi connectivity index (χ3v) is 5.19. The average Bonchev–Trinajstić information content (AvgIpc) is 2.51. The van der Waals surface area contributed by atoms with Crippen molar-refractivity contribution in [2.24, 2.45) is 10.8 Å². The van der Waals surface area contributed by atoms with Crippen LogP contribution in [-0.2, 0) is 14.4 Å². The van der Waals surface area contributed by atoms with Gasteiger partial charge in [-0.25, -0.2) is 0 Å². The maximum atomic E-state index is 11.8. The zero-order chi connectivity index (χ0) is 14.1. The van der Waals surface area contributed by atoms with Gasteiger partial charge in [0, 0.05) is 12.7 Å². The molecule has 1 atom stereocenters. The molecule has 1 rings (SSSR count). The first kappa shape index (κ1) is 15.2. The number of thioether (sulfide) groups is 1. The topological polar surface area (TPSA) is 51.2 Å². The largest absolute Gasteiger partial charge is 0.299 e. The van der Waals surface area contributed by atoms with E-state index in [4.69, 9.17) is 0 Å². The number of Topliss-reactive ketones (excluding diaryl/α,β-unsaturated/α-hetero) is 2. The van der Waals surface area contributed by atoms with Gasteiger partial charge in [-0.3, -0.25) is 14.4 Å². The van der Waals surface area contributed by atoms with Gasteiger partial charge in [-0.2, -0.15) is 0 Å². The van der Waals surface area contributed by atoms with Crippen LogP contribution in [0, 0.1) is 10.8 Å². The number of carbonyl (C=O) groups excluding carboxylic acids is 3. The number of ketones is 2. The van der Waals surface area contributed by atoms with Gasteiger partial charge in [-0.1, -0.05) is 30.8 Å². The van der Waals surface area contributed by atoms with Crippen molar-refractivity contribution < 1.29 is 14.4 Å². The molecular weight excluding hydrogens is 248 g/mol. The summed E-state index contributed by atoms with van der Waals surface area (Å²) in [5, 5.41) is 0.0483. The van der Waals surface area contributed by atoms with Crippen molar-refractivity contribution in [2.75, 3.05) is 5.75 Å². The van der Waals surface area contributed by atoms with Crippen molar-refractivity contribution in [2.45, 2.75) is 40.5 Å². The van der Waals surface area contributed by atoms with Crippen molar-refractivity contribution in [1.29, 1.82) is 0 Å². The highest BCUT2D eigenvalue weighted by atomic mass is 32.2. The Morgan fingerprint density at radius 1 is 1.22 bits per heavy atom. The minimum atomic E-state index is -0.914. The molecule has 0 spiro atoms. The summed E-state index contributed by atoms with van der Waals surface area (Å²) in [5.74, 6) is 0.407. The standard InChI is InChI=1S/C14H20O3S/c1-9-6-14(10(2)15,11(3)16)7-13(9,5)8-18-12(4)17/h1,6-8H2,2-5H3. The summed E-state index contributed by atoms with van der Waals surface area (Å²) in [7, 11) is 0. The minimum absolute atomic E-state index is 0.0483. The summed E-state index contributed by atoms with van der Waals surface area (Å²) in [6.07, 6.45) is 0.899. The maximum absolute atomic E-state index is 11.8. The molecule has 0 bridgehead atoms. The Morgan fingerprint density at radius 2 is 1.72 bits per heavy atom. The highest BCUT2D eigenvalue weighted by Gasteiger charge is 2.53. The highest BCUT2D eigenvalue weighted by Crippen LogP contribution is 2.54. The van der Waals surface area contributed by atoms with Crippen molar-refractivity contribution in [1.82, 2.24) is 0 Å². The van der Waals surface area contributed by atoms with Crippen LogP contribution in [0.2, 0.25) is 0 Å². The normalized spacial score (nSPS) is 26.1. The van der Waals surface area contributed by atoms with Crippen molar-refractivity contribution in [3.8, 4) is 0 Å². The molecule has 1 fully saturated rings. The van der Waals surface area contributed by atoms with E-state index in [-0.39, 0.29) is 22.1 Å². The lowest BCUT2D eigenvalue weighted by atomic mass is 9.76. The fraction of sp³-hybridized carbons (Fsp3) is 0.643. The summed E-state index contributed by atoms with van der Waals surface area (Å²) in [4.78, 5) is 34.8. The molecule has 0 saturated heterocycles. The van der Waals surface area contributed by atoms with E-state index in [1.54, 1.807) is 0 Å². The molecule has 1 saturated carbocycles. The van der Waals surface area contributed by atoms with Crippen molar-refractivity contribution in [3.05, 3.63) is 12.2 Å². The van der Waals surface area contributed by atoms with Crippen LogP contribution in [0.5, 0.6) is 0 Å². The second kappa shape index (κ2) is 5.00. The van der Waals surface area contributed by atoms with E-state index in [1.165, 1.54) is 32.5 Å². The number of hydrogen-bond donors (Lipinski definition) is 0. The Hall–Kier alpha value is -0.900. The van der Waals surface area contributed by atoms with Crippen LogP contribution < -0.4 is 0 Å². The lowest BCUT2D eigenvalue weighted by Gasteiger charge is -2.27. The Morgan fingerprint density at radius 3 is 2.06 bits per heavy atom. The summed E-state index contributed by atoms with van der Waals surface area (Å²) >= 11 is 1.23. The van der Waals surface area contributed by atoms with Crippen LogP contribution in [-0.4, -0.2) is 22.4 Å². The van der Waals surface area contributed by atoms with E-state index in [2.05, 4.69) is 6.58 Å². The predicted molar refractivity (Wildman–Crippen MR) is 73.4 cm³/mol. The Balaban J connectivity index is 3.01. The first-order valence-electron chi connectivity index (χ1n) is 5.98. The number of hydrogen-bond acceptors (Lipinski definition) is 4. The van der Waals surface area contributed by atoms with Crippen molar-refractivity contribution >= 4 is 28.4 Å². The molecule has 0 aromatic rings. The van der Waals surface area contributed by atoms with E-state index >= 15 is 0 Å². The monoisotopic (exact) mass is 268 g/mol. The van der Waals surface area contributed by atoms with Crippen LogP contribution in [0.3, 0.4) is 0 Å². The smallest absolute Gasteiger partial charge is 0.185 e. The molecule has 0 aromatic carbocycles. The Kier molecular flexibility index (Phi) is 4.21. The van der Waals surface area contributed by atoms with E-state index in [0.717, 1.165) is 5.57 Å². The molecule has 1 aliphatic carbocycles. The first-order valence-corrected chi connectivity index (χ1v) is 6.96. The van der Waals surface area contributed by atoms with Crippen LogP contribution in [0.4, 0.5) is 0 Å². The molecule has 0 radical (unpaired) electrons. The molecule has 3 nitrogen and oxygen atoms in total. The minimum Gasteiger partial charge on any atom is -0.299 e. The maximum Gasteiger partial charge on any atom is 0.185 e. The van der Waals surface area contributed by atoms with E-state index in [9.17, 15) is 14.4 Å². The number of carbonyl (C=O) groups is 3. The molecule has 0 aliphatic heterocycles. The lowest BCUT2D eigenvalue weighted by molar-refractivity contribution is -0.138. The van der Waals surface area contributed by atoms with Gasteiger partial charge >= 0.3 is 0 Å². The Bertz CT molecular complexity index is 411. The van der Waals surface area contributed by atoms with Gasteiger partial charge in [-0.15, -0.1) is 0 Å². The Labute approximate surface area is 112 Å². The van der Waals surface area contributed by atoms with E-state index in [0.29, 0.717) is 18.6 Å². The molecule has 0 N–H and O–H groups in total. The van der Waals surface area contributed by atoms with Gasteiger partial charge in [0.2, 0.25) is 0 Å². The lowest BCUT2D eigenvalue weighted by Crippen LogP contribution is -2.35. The molecule has 0 heterocycles. The zero-order valence-corrected chi connectivity index (χ0v) is 12.3. The third-order valence-electron chi connectivity index (χ3n) is 4.00. The fourth-order valence-electron chi connectivity index (χ4n) is 2.59. The third kappa shape index (κ3) is 2.58.